The zero-order valence-corrected chi connectivity index (χ0v) is 15.8. The van der Waals surface area contributed by atoms with E-state index in [4.69, 9.17) is 4.74 Å². The number of amides is 1. The molecule has 3 rings (SSSR count). The third-order valence-corrected chi connectivity index (χ3v) is 4.84. The van der Waals surface area contributed by atoms with Crippen molar-refractivity contribution in [3.8, 4) is 5.75 Å². The van der Waals surface area contributed by atoms with Crippen LogP contribution in [-0.2, 0) is 5.41 Å². The molecular weight excluding hydrogens is 336 g/mol. The Labute approximate surface area is 152 Å². The molecule has 2 aromatic rings. The van der Waals surface area contributed by atoms with Gasteiger partial charge in [-0.15, -0.1) is 0 Å². The van der Waals surface area contributed by atoms with E-state index >= 15 is 0 Å². The Bertz CT molecular complexity index is 711. The number of carbonyl (C=O) groups is 1. The number of nitrogens with zero attached hydrogens (tertiary/aromatic N) is 4. The van der Waals surface area contributed by atoms with Crippen molar-refractivity contribution in [2.45, 2.75) is 32.6 Å². The number of benzene rings is 1. The number of carbonyl (C=O) groups excluding carboxylic acids is 1. The second kappa shape index (κ2) is 7.39. The number of hydrogen-bond donors (Lipinski definition) is 0. The summed E-state index contributed by atoms with van der Waals surface area (Å²) in [7, 11) is 0. The molecule has 1 aromatic carbocycles. The van der Waals surface area contributed by atoms with E-state index in [-0.39, 0.29) is 11.5 Å². The van der Waals surface area contributed by atoms with Crippen LogP contribution in [0.15, 0.2) is 30.3 Å². The molecule has 25 heavy (non-hydrogen) atoms. The van der Waals surface area contributed by atoms with Crippen molar-refractivity contribution >= 4 is 22.8 Å². The summed E-state index contributed by atoms with van der Waals surface area (Å²) in [6, 6.07) is 9.19. The first kappa shape index (κ1) is 17.7. The molecule has 1 aromatic heterocycles. The fourth-order valence-electron chi connectivity index (χ4n) is 2.59. The summed E-state index contributed by atoms with van der Waals surface area (Å²) in [4.78, 5) is 21.0. The van der Waals surface area contributed by atoms with Crippen LogP contribution in [0, 0.1) is 0 Å². The monoisotopic (exact) mass is 360 g/mol. The zero-order chi connectivity index (χ0) is 17.9. The largest absolute Gasteiger partial charge is 0.415 e. The van der Waals surface area contributed by atoms with E-state index in [0.29, 0.717) is 18.8 Å². The summed E-state index contributed by atoms with van der Waals surface area (Å²) in [5, 5.41) is 0.934. The van der Waals surface area contributed by atoms with E-state index in [1.807, 2.05) is 18.2 Å². The Morgan fingerprint density at radius 3 is 2.56 bits per heavy atom. The van der Waals surface area contributed by atoms with Crippen LogP contribution in [0.4, 0.5) is 9.93 Å². The highest BCUT2D eigenvalue weighted by Gasteiger charge is 2.25. The van der Waals surface area contributed by atoms with Crippen molar-refractivity contribution in [3.05, 3.63) is 36.2 Å². The molecule has 2 heterocycles. The van der Waals surface area contributed by atoms with E-state index < -0.39 is 0 Å². The van der Waals surface area contributed by atoms with Crippen molar-refractivity contribution < 1.29 is 9.53 Å². The van der Waals surface area contributed by atoms with Gasteiger partial charge < -0.3 is 14.5 Å². The molecule has 1 fully saturated rings. The topological polar surface area (TPSA) is 58.6 Å². The van der Waals surface area contributed by atoms with Crippen LogP contribution in [0.5, 0.6) is 5.75 Å². The summed E-state index contributed by atoms with van der Waals surface area (Å²) in [6.07, 6.45) is 0.592. The minimum Gasteiger partial charge on any atom is -0.410 e. The number of anilines is 1. The third-order valence-electron chi connectivity index (χ3n) is 4.06. The third kappa shape index (κ3) is 4.48. The molecule has 0 bridgehead atoms. The number of para-hydroxylation sites is 1. The molecule has 0 unspecified atom stereocenters. The number of aromatic nitrogens is 2. The van der Waals surface area contributed by atoms with Crippen molar-refractivity contribution in [2.24, 2.45) is 0 Å². The second-order valence-corrected chi connectivity index (χ2v) is 7.89. The lowest BCUT2D eigenvalue weighted by Crippen LogP contribution is -2.37. The number of ether oxygens (including phenoxy) is 1. The van der Waals surface area contributed by atoms with Crippen LogP contribution in [0.1, 0.15) is 33.0 Å². The Balaban J connectivity index is 1.60. The van der Waals surface area contributed by atoms with Gasteiger partial charge in [-0.2, -0.15) is 4.37 Å². The van der Waals surface area contributed by atoms with Crippen molar-refractivity contribution in [3.63, 3.8) is 0 Å². The smallest absolute Gasteiger partial charge is 0.410 e. The molecule has 6 nitrogen and oxygen atoms in total. The second-order valence-electron chi connectivity index (χ2n) is 7.16. The summed E-state index contributed by atoms with van der Waals surface area (Å²) in [5.74, 6) is 1.45. The van der Waals surface area contributed by atoms with Crippen LogP contribution in [0.2, 0.25) is 0 Å². The zero-order valence-electron chi connectivity index (χ0n) is 14.9. The summed E-state index contributed by atoms with van der Waals surface area (Å²) >= 11 is 1.43. The quantitative estimate of drug-likeness (QED) is 0.820. The number of rotatable bonds is 2. The van der Waals surface area contributed by atoms with Gasteiger partial charge in [0.25, 0.3) is 0 Å². The van der Waals surface area contributed by atoms with Gasteiger partial charge in [-0.3, -0.25) is 0 Å². The normalized spacial score (nSPS) is 15.8. The van der Waals surface area contributed by atoms with Gasteiger partial charge in [-0.25, -0.2) is 9.78 Å². The van der Waals surface area contributed by atoms with Gasteiger partial charge in [0.2, 0.25) is 5.13 Å². The molecule has 1 aliphatic heterocycles. The Morgan fingerprint density at radius 1 is 1.12 bits per heavy atom. The minimum absolute atomic E-state index is 0.0495. The van der Waals surface area contributed by atoms with Crippen LogP contribution >= 0.6 is 11.5 Å². The van der Waals surface area contributed by atoms with Gasteiger partial charge in [0, 0.05) is 43.1 Å². The van der Waals surface area contributed by atoms with E-state index in [1.165, 1.54) is 11.5 Å². The van der Waals surface area contributed by atoms with Crippen LogP contribution in [0.25, 0.3) is 0 Å². The van der Waals surface area contributed by atoms with Gasteiger partial charge in [0.1, 0.15) is 11.6 Å². The van der Waals surface area contributed by atoms with E-state index in [2.05, 4.69) is 35.0 Å². The molecule has 7 heteroatoms. The number of hydrogen-bond acceptors (Lipinski definition) is 6. The van der Waals surface area contributed by atoms with Crippen LogP contribution in [-0.4, -0.2) is 46.5 Å². The SMILES string of the molecule is CC(C)(C)c1nsc(N2CCCN(C(=O)Oc3ccccc3)CC2)n1. The Morgan fingerprint density at radius 2 is 1.88 bits per heavy atom. The molecule has 1 aliphatic rings. The summed E-state index contributed by atoms with van der Waals surface area (Å²) < 4.78 is 9.93. The van der Waals surface area contributed by atoms with Crippen molar-refractivity contribution in [2.75, 3.05) is 31.1 Å². The molecule has 0 N–H and O–H groups in total. The van der Waals surface area contributed by atoms with Gasteiger partial charge >= 0.3 is 6.09 Å². The Kier molecular flexibility index (Phi) is 5.22. The van der Waals surface area contributed by atoms with Gasteiger partial charge in [0.05, 0.1) is 0 Å². The first-order chi connectivity index (χ1) is 11.9. The Hall–Kier alpha value is -2.15. The molecule has 0 saturated carbocycles. The van der Waals surface area contributed by atoms with Gasteiger partial charge in [0.15, 0.2) is 0 Å². The first-order valence-corrected chi connectivity index (χ1v) is 9.32. The van der Waals surface area contributed by atoms with Crippen LogP contribution in [0.3, 0.4) is 0 Å². The van der Waals surface area contributed by atoms with E-state index in [1.54, 1.807) is 17.0 Å². The highest BCUT2D eigenvalue weighted by Crippen LogP contribution is 2.26. The van der Waals surface area contributed by atoms with Gasteiger partial charge in [-0.1, -0.05) is 39.0 Å². The van der Waals surface area contributed by atoms with Crippen molar-refractivity contribution in [1.82, 2.24) is 14.3 Å². The molecule has 1 saturated heterocycles. The molecule has 0 spiro atoms. The molecule has 0 aliphatic carbocycles. The first-order valence-electron chi connectivity index (χ1n) is 8.54. The fraction of sp³-hybridized carbons (Fsp3) is 0.500. The predicted molar refractivity (Wildman–Crippen MR) is 99.5 cm³/mol. The van der Waals surface area contributed by atoms with Crippen molar-refractivity contribution in [1.29, 1.82) is 0 Å². The molecule has 0 atom stereocenters. The lowest BCUT2D eigenvalue weighted by molar-refractivity contribution is 0.155. The molecule has 134 valence electrons. The lowest BCUT2D eigenvalue weighted by atomic mass is 9.96. The van der Waals surface area contributed by atoms with Crippen LogP contribution < -0.4 is 9.64 Å². The maximum atomic E-state index is 12.4. The van der Waals surface area contributed by atoms with E-state index in [0.717, 1.165) is 30.5 Å². The fourth-order valence-corrected chi connectivity index (χ4v) is 3.50. The average molecular weight is 360 g/mol. The lowest BCUT2D eigenvalue weighted by Gasteiger charge is -2.21. The van der Waals surface area contributed by atoms with E-state index in [9.17, 15) is 4.79 Å². The summed E-state index contributed by atoms with van der Waals surface area (Å²) in [6.45, 7) is 9.26. The minimum atomic E-state index is -0.291. The maximum absolute atomic E-state index is 12.4. The predicted octanol–water partition coefficient (Wildman–Crippen LogP) is 3.55. The highest BCUT2D eigenvalue weighted by molar-refractivity contribution is 7.09. The highest BCUT2D eigenvalue weighted by atomic mass is 32.1. The average Bonchev–Trinajstić information content (AvgIpc) is 2.95. The van der Waals surface area contributed by atoms with Gasteiger partial charge in [-0.05, 0) is 18.6 Å². The molecule has 0 radical (unpaired) electrons. The standard InChI is InChI=1S/C18H24N4O2S/c1-18(2,3)15-19-16(25-20-15)21-10-7-11-22(13-12-21)17(23)24-14-8-5-4-6-9-14/h4-6,8-9H,7,10-13H2,1-3H3. The maximum Gasteiger partial charge on any atom is 0.415 e. The molecule has 1 amide bonds. The summed E-state index contributed by atoms with van der Waals surface area (Å²) in [5.41, 5.74) is -0.0495. The molecular formula is C18H24N4O2S.